The highest BCUT2D eigenvalue weighted by molar-refractivity contribution is 9.10. The van der Waals surface area contributed by atoms with E-state index in [4.69, 9.17) is 0 Å². The SMILES string of the molecule is Cc1sc(CNCC2(C)CCCS2)cc1Br. The van der Waals surface area contributed by atoms with E-state index in [1.807, 2.05) is 11.3 Å². The lowest BCUT2D eigenvalue weighted by Gasteiger charge is -2.22. The molecule has 1 aromatic rings. The van der Waals surface area contributed by atoms with Gasteiger partial charge in [0.2, 0.25) is 0 Å². The molecular weight excluding hydrogens is 302 g/mol. The fourth-order valence-corrected chi connectivity index (χ4v) is 4.88. The van der Waals surface area contributed by atoms with Gasteiger partial charge in [-0.2, -0.15) is 11.8 Å². The summed E-state index contributed by atoms with van der Waals surface area (Å²) in [6.07, 6.45) is 2.74. The lowest BCUT2D eigenvalue weighted by Crippen LogP contribution is -2.32. The van der Waals surface area contributed by atoms with Crippen LogP contribution in [0.15, 0.2) is 10.5 Å². The Morgan fingerprint density at radius 2 is 2.38 bits per heavy atom. The molecule has 0 radical (unpaired) electrons. The van der Waals surface area contributed by atoms with Crippen LogP contribution in [0.1, 0.15) is 29.5 Å². The van der Waals surface area contributed by atoms with E-state index in [1.54, 1.807) is 0 Å². The Morgan fingerprint density at radius 1 is 1.56 bits per heavy atom. The van der Waals surface area contributed by atoms with Crippen LogP contribution in [0.4, 0.5) is 0 Å². The highest BCUT2D eigenvalue weighted by Gasteiger charge is 2.28. The molecule has 1 saturated heterocycles. The number of nitrogens with one attached hydrogen (secondary N) is 1. The largest absolute Gasteiger partial charge is 0.310 e. The second kappa shape index (κ2) is 5.42. The third-order valence-electron chi connectivity index (χ3n) is 3.01. The molecular formula is C12H18BrNS2. The van der Waals surface area contributed by atoms with Crippen molar-refractivity contribution in [2.24, 2.45) is 0 Å². The molecule has 0 bridgehead atoms. The van der Waals surface area contributed by atoms with Crippen molar-refractivity contribution in [1.29, 1.82) is 0 Å². The quantitative estimate of drug-likeness (QED) is 0.892. The molecule has 1 fully saturated rings. The van der Waals surface area contributed by atoms with E-state index in [-0.39, 0.29) is 0 Å². The Morgan fingerprint density at radius 3 is 2.94 bits per heavy atom. The van der Waals surface area contributed by atoms with Crippen LogP contribution in [0.5, 0.6) is 0 Å². The van der Waals surface area contributed by atoms with Crippen LogP contribution < -0.4 is 5.32 Å². The summed E-state index contributed by atoms with van der Waals surface area (Å²) >= 11 is 7.56. The number of aryl methyl sites for hydroxylation is 1. The predicted molar refractivity (Wildman–Crippen MR) is 78.6 cm³/mol. The molecule has 1 aromatic heterocycles. The highest BCUT2D eigenvalue weighted by atomic mass is 79.9. The van der Waals surface area contributed by atoms with Crippen molar-refractivity contribution in [1.82, 2.24) is 5.32 Å². The lowest BCUT2D eigenvalue weighted by atomic mass is 10.1. The minimum atomic E-state index is 0.476. The summed E-state index contributed by atoms with van der Waals surface area (Å²) in [5.74, 6) is 1.34. The zero-order valence-electron chi connectivity index (χ0n) is 9.81. The fourth-order valence-electron chi connectivity index (χ4n) is 2.03. The van der Waals surface area contributed by atoms with Crippen LogP contribution in [-0.2, 0) is 6.54 Å². The molecule has 1 aliphatic rings. The summed E-state index contributed by atoms with van der Waals surface area (Å²) in [6, 6.07) is 2.23. The van der Waals surface area contributed by atoms with E-state index < -0.39 is 0 Å². The maximum Gasteiger partial charge on any atom is 0.0314 e. The Kier molecular flexibility index (Phi) is 4.38. The second-order valence-corrected chi connectivity index (χ2v) is 8.50. The molecule has 1 unspecified atom stereocenters. The van der Waals surface area contributed by atoms with Crippen molar-refractivity contribution in [3.63, 3.8) is 0 Å². The minimum Gasteiger partial charge on any atom is -0.310 e. The smallest absolute Gasteiger partial charge is 0.0314 e. The molecule has 90 valence electrons. The van der Waals surface area contributed by atoms with Crippen molar-refractivity contribution in [3.8, 4) is 0 Å². The average molecular weight is 320 g/mol. The fraction of sp³-hybridized carbons (Fsp3) is 0.667. The summed E-state index contributed by atoms with van der Waals surface area (Å²) in [6.45, 7) is 6.68. The average Bonchev–Trinajstić information content (AvgIpc) is 2.76. The maximum absolute atomic E-state index is 3.59. The minimum absolute atomic E-state index is 0.476. The van der Waals surface area contributed by atoms with Gasteiger partial charge in [-0.25, -0.2) is 0 Å². The van der Waals surface area contributed by atoms with Crippen LogP contribution in [0, 0.1) is 6.92 Å². The molecule has 1 atom stereocenters. The van der Waals surface area contributed by atoms with E-state index >= 15 is 0 Å². The highest BCUT2D eigenvalue weighted by Crippen LogP contribution is 2.37. The number of thiophene rings is 1. The Balaban J connectivity index is 1.79. The van der Waals surface area contributed by atoms with Gasteiger partial charge in [0.1, 0.15) is 0 Å². The standard InChI is InChI=1S/C12H18BrNS2/c1-9-11(13)6-10(16-9)7-14-8-12(2)4-3-5-15-12/h6,14H,3-5,7-8H2,1-2H3. The molecule has 0 aliphatic carbocycles. The summed E-state index contributed by atoms with van der Waals surface area (Å²) < 4.78 is 1.72. The molecule has 0 saturated carbocycles. The van der Waals surface area contributed by atoms with Crippen molar-refractivity contribution in [2.75, 3.05) is 12.3 Å². The van der Waals surface area contributed by atoms with Gasteiger partial charge in [-0.1, -0.05) is 0 Å². The Labute approximate surface area is 115 Å². The van der Waals surface area contributed by atoms with Gasteiger partial charge in [-0.3, -0.25) is 0 Å². The molecule has 1 aliphatic heterocycles. The molecule has 16 heavy (non-hydrogen) atoms. The van der Waals surface area contributed by atoms with Gasteiger partial charge in [-0.05, 0) is 54.4 Å². The number of thioether (sulfide) groups is 1. The number of hydrogen-bond donors (Lipinski definition) is 1. The van der Waals surface area contributed by atoms with Gasteiger partial charge >= 0.3 is 0 Å². The monoisotopic (exact) mass is 319 g/mol. The molecule has 2 heterocycles. The molecule has 0 aromatic carbocycles. The number of halogens is 1. The van der Waals surface area contributed by atoms with Gasteiger partial charge in [0.25, 0.3) is 0 Å². The third-order valence-corrected chi connectivity index (χ3v) is 6.68. The molecule has 2 rings (SSSR count). The van der Waals surface area contributed by atoms with Gasteiger partial charge < -0.3 is 5.32 Å². The Bertz CT molecular complexity index is 336. The molecule has 0 spiro atoms. The second-order valence-electron chi connectivity index (χ2n) is 4.62. The van der Waals surface area contributed by atoms with Crippen molar-refractivity contribution < 1.29 is 0 Å². The summed E-state index contributed by atoms with van der Waals surface area (Å²) in [4.78, 5) is 2.80. The molecule has 4 heteroatoms. The van der Waals surface area contributed by atoms with Gasteiger partial charge in [0.05, 0.1) is 0 Å². The first-order valence-corrected chi connectivity index (χ1v) is 8.28. The van der Waals surface area contributed by atoms with Crippen LogP contribution in [0.25, 0.3) is 0 Å². The van der Waals surface area contributed by atoms with Gasteiger partial charge in [0.15, 0.2) is 0 Å². The van der Waals surface area contributed by atoms with Crippen LogP contribution in [0.2, 0.25) is 0 Å². The van der Waals surface area contributed by atoms with E-state index in [0.29, 0.717) is 4.75 Å². The number of hydrogen-bond acceptors (Lipinski definition) is 3. The van der Waals surface area contributed by atoms with Crippen molar-refractivity contribution >= 4 is 39.0 Å². The normalized spacial score (nSPS) is 25.2. The molecule has 1 nitrogen and oxygen atoms in total. The van der Waals surface area contributed by atoms with Gasteiger partial charge in [-0.15, -0.1) is 11.3 Å². The zero-order valence-corrected chi connectivity index (χ0v) is 13.0. The number of rotatable bonds is 4. The van der Waals surface area contributed by atoms with Crippen molar-refractivity contribution in [2.45, 2.75) is 38.0 Å². The van der Waals surface area contributed by atoms with E-state index in [1.165, 1.54) is 32.8 Å². The lowest BCUT2D eigenvalue weighted by molar-refractivity contribution is 0.539. The van der Waals surface area contributed by atoms with Gasteiger partial charge in [0, 0.05) is 32.1 Å². The van der Waals surface area contributed by atoms with Crippen LogP contribution in [-0.4, -0.2) is 17.0 Å². The first kappa shape index (κ1) is 12.9. The topological polar surface area (TPSA) is 12.0 Å². The Hall–Kier alpha value is 0.490. The van der Waals surface area contributed by atoms with Crippen LogP contribution in [0.3, 0.4) is 0 Å². The summed E-state index contributed by atoms with van der Waals surface area (Å²) in [7, 11) is 0. The molecule has 1 N–H and O–H groups in total. The van der Waals surface area contributed by atoms with E-state index in [9.17, 15) is 0 Å². The van der Waals surface area contributed by atoms with E-state index in [0.717, 1.165) is 13.1 Å². The first-order valence-electron chi connectivity index (χ1n) is 5.69. The molecule has 0 amide bonds. The maximum atomic E-state index is 3.59. The first-order chi connectivity index (χ1) is 7.59. The third kappa shape index (κ3) is 3.25. The van der Waals surface area contributed by atoms with Crippen molar-refractivity contribution in [3.05, 3.63) is 20.3 Å². The summed E-state index contributed by atoms with van der Waals surface area (Å²) in [5.41, 5.74) is 0. The zero-order chi connectivity index (χ0) is 11.6. The summed E-state index contributed by atoms with van der Waals surface area (Å²) in [5, 5.41) is 3.59. The van der Waals surface area contributed by atoms with E-state index in [2.05, 4.69) is 52.9 Å². The van der Waals surface area contributed by atoms with Crippen LogP contribution >= 0.6 is 39.0 Å². The predicted octanol–water partition coefficient (Wildman–Crippen LogP) is 4.19.